The highest BCUT2D eigenvalue weighted by Gasteiger charge is 2.26. The molecular formula is C25H31N5OS. The van der Waals surface area contributed by atoms with Gasteiger partial charge in [-0.15, -0.1) is 11.3 Å². The molecule has 2 aliphatic rings. The Hall–Kier alpha value is -2.51. The number of likely N-dealkylation sites (tertiary alicyclic amines) is 1. The van der Waals surface area contributed by atoms with Crippen molar-refractivity contribution in [1.82, 2.24) is 19.7 Å². The van der Waals surface area contributed by atoms with Crippen LogP contribution >= 0.6 is 11.3 Å². The average Bonchev–Trinajstić information content (AvgIpc) is 3.36. The Bertz CT molecular complexity index is 1110. The summed E-state index contributed by atoms with van der Waals surface area (Å²) in [6.45, 7) is 5.18. The molecule has 7 heteroatoms. The number of aromatic nitrogens is 2. The Morgan fingerprint density at radius 2 is 2.09 bits per heavy atom. The van der Waals surface area contributed by atoms with Gasteiger partial charge in [-0.3, -0.25) is 9.20 Å². The third kappa shape index (κ3) is 4.24. The predicted octanol–water partition coefficient (Wildman–Crippen LogP) is 4.51. The van der Waals surface area contributed by atoms with Crippen molar-refractivity contribution < 1.29 is 4.79 Å². The molecule has 1 N–H and O–H groups in total. The molecule has 1 aliphatic heterocycles. The van der Waals surface area contributed by atoms with Crippen molar-refractivity contribution >= 4 is 28.4 Å². The zero-order valence-electron chi connectivity index (χ0n) is 18.7. The Labute approximate surface area is 193 Å². The minimum absolute atomic E-state index is 0.0143. The first-order valence-corrected chi connectivity index (χ1v) is 12.7. The topological polar surface area (TPSA) is 62.0 Å². The van der Waals surface area contributed by atoms with Gasteiger partial charge >= 0.3 is 0 Å². The number of piperidine rings is 1. The molecule has 1 amide bonds. The zero-order valence-corrected chi connectivity index (χ0v) is 19.5. The molecule has 1 aliphatic carbocycles. The largest absolute Gasteiger partial charge is 0.303 e. The molecule has 0 saturated carbocycles. The lowest BCUT2D eigenvalue weighted by atomic mass is 9.97. The maximum Gasteiger partial charge on any atom is 0.244 e. The van der Waals surface area contributed by atoms with Crippen LogP contribution in [-0.2, 0) is 17.6 Å². The molecule has 1 atom stereocenters. The highest BCUT2D eigenvalue weighted by molar-refractivity contribution is 7.17. The van der Waals surface area contributed by atoms with Crippen molar-refractivity contribution in [1.29, 1.82) is 0 Å². The summed E-state index contributed by atoms with van der Waals surface area (Å²) >= 11 is 1.79. The number of thiazole rings is 1. The quantitative estimate of drug-likeness (QED) is 0.445. The molecule has 3 heterocycles. The van der Waals surface area contributed by atoms with Gasteiger partial charge < -0.3 is 4.90 Å². The minimum Gasteiger partial charge on any atom is -0.303 e. The number of fused-ring (bicyclic) bond motifs is 3. The average molecular weight is 450 g/mol. The van der Waals surface area contributed by atoms with E-state index in [0.29, 0.717) is 0 Å². The molecule has 1 unspecified atom stereocenters. The van der Waals surface area contributed by atoms with Crippen molar-refractivity contribution in [3.05, 3.63) is 46.6 Å². The lowest BCUT2D eigenvalue weighted by Crippen LogP contribution is -2.42. The molecular weight excluding hydrogens is 418 g/mol. The number of hydrogen-bond acceptors (Lipinski definition) is 5. The van der Waals surface area contributed by atoms with E-state index in [2.05, 4.69) is 38.9 Å². The zero-order chi connectivity index (χ0) is 21.9. The third-order valence-corrected chi connectivity index (χ3v) is 7.72. The van der Waals surface area contributed by atoms with Gasteiger partial charge in [0.05, 0.1) is 23.5 Å². The van der Waals surface area contributed by atoms with Gasteiger partial charge in [-0.05, 0) is 58.0 Å². The predicted molar refractivity (Wildman–Crippen MR) is 130 cm³/mol. The molecule has 0 bridgehead atoms. The summed E-state index contributed by atoms with van der Waals surface area (Å²) in [4.78, 5) is 22.6. The van der Waals surface area contributed by atoms with Crippen molar-refractivity contribution in [3.8, 4) is 11.3 Å². The van der Waals surface area contributed by atoms with Crippen LogP contribution in [0.4, 0.5) is 0 Å². The second kappa shape index (κ2) is 9.55. The molecule has 0 spiro atoms. The van der Waals surface area contributed by atoms with Crippen LogP contribution in [0, 0.1) is 5.92 Å². The van der Waals surface area contributed by atoms with Crippen LogP contribution in [0.5, 0.6) is 0 Å². The molecule has 1 saturated heterocycles. The van der Waals surface area contributed by atoms with Gasteiger partial charge in [0.25, 0.3) is 0 Å². The number of nitrogens with one attached hydrogen (secondary N) is 1. The molecule has 6 nitrogen and oxygen atoms in total. The van der Waals surface area contributed by atoms with Gasteiger partial charge in [-0.2, -0.15) is 5.10 Å². The van der Waals surface area contributed by atoms with Crippen LogP contribution in [0.3, 0.4) is 0 Å². The molecule has 3 aromatic rings. The van der Waals surface area contributed by atoms with Crippen LogP contribution in [0.1, 0.15) is 55.3 Å². The fourth-order valence-electron chi connectivity index (χ4n) is 5.02. The summed E-state index contributed by atoms with van der Waals surface area (Å²) in [6, 6.07) is 10.3. The summed E-state index contributed by atoms with van der Waals surface area (Å²) in [5, 5.41) is 4.43. The summed E-state index contributed by atoms with van der Waals surface area (Å²) in [5.41, 5.74) is 7.16. The Kier molecular flexibility index (Phi) is 6.37. The first-order valence-electron chi connectivity index (χ1n) is 11.9. The van der Waals surface area contributed by atoms with E-state index in [4.69, 9.17) is 4.98 Å². The van der Waals surface area contributed by atoms with E-state index in [1.807, 2.05) is 18.2 Å². The number of hydrazone groups is 1. The lowest BCUT2D eigenvalue weighted by Gasteiger charge is -2.31. The fourth-order valence-corrected chi connectivity index (χ4v) is 6.24. The number of benzene rings is 1. The first kappa shape index (κ1) is 21.3. The Balaban J connectivity index is 1.42. The number of rotatable bonds is 6. The smallest absolute Gasteiger partial charge is 0.244 e. The van der Waals surface area contributed by atoms with Gasteiger partial charge in [-0.25, -0.2) is 10.4 Å². The highest BCUT2D eigenvalue weighted by Crippen LogP contribution is 2.34. The van der Waals surface area contributed by atoms with Gasteiger partial charge in [0.1, 0.15) is 0 Å². The van der Waals surface area contributed by atoms with Crippen LogP contribution in [0.2, 0.25) is 0 Å². The van der Waals surface area contributed by atoms with E-state index in [9.17, 15) is 4.79 Å². The Morgan fingerprint density at radius 3 is 2.94 bits per heavy atom. The second-order valence-electron chi connectivity index (χ2n) is 8.88. The monoisotopic (exact) mass is 449 g/mol. The molecule has 2 aromatic heterocycles. The molecule has 1 fully saturated rings. The van der Waals surface area contributed by atoms with Crippen LogP contribution in [0.15, 0.2) is 35.4 Å². The number of carbonyl (C=O) groups is 1. The molecule has 0 radical (unpaired) electrons. The number of nitrogens with zero attached hydrogens (tertiary/aromatic N) is 4. The normalized spacial score (nSPS) is 19.5. The number of imidazole rings is 1. The van der Waals surface area contributed by atoms with E-state index in [1.165, 1.54) is 23.4 Å². The van der Waals surface area contributed by atoms with Crippen LogP contribution in [0.25, 0.3) is 16.2 Å². The summed E-state index contributed by atoms with van der Waals surface area (Å²) in [7, 11) is 0. The maximum atomic E-state index is 12.8. The maximum absolute atomic E-state index is 12.8. The van der Waals surface area contributed by atoms with E-state index in [-0.39, 0.29) is 11.8 Å². The highest BCUT2D eigenvalue weighted by atomic mass is 32.1. The van der Waals surface area contributed by atoms with Crippen molar-refractivity contribution in [2.75, 3.05) is 19.6 Å². The molecule has 5 rings (SSSR count). The summed E-state index contributed by atoms with van der Waals surface area (Å²) < 4.78 is 2.26. The van der Waals surface area contributed by atoms with Gasteiger partial charge in [0.15, 0.2) is 4.96 Å². The SMILES string of the molecule is CCCN1CCCC(C(=O)N/N=C/c2c(-c3ccccc3)nc3sc4c(n23)CCCC4)C1. The first-order chi connectivity index (χ1) is 15.7. The van der Waals surface area contributed by atoms with Gasteiger partial charge in [0, 0.05) is 22.7 Å². The van der Waals surface area contributed by atoms with Crippen molar-refractivity contribution in [2.24, 2.45) is 11.0 Å². The van der Waals surface area contributed by atoms with Crippen molar-refractivity contribution in [3.63, 3.8) is 0 Å². The van der Waals surface area contributed by atoms with Gasteiger partial charge in [-0.1, -0.05) is 37.3 Å². The minimum atomic E-state index is 0.0143. The van der Waals surface area contributed by atoms with Crippen molar-refractivity contribution in [2.45, 2.75) is 51.9 Å². The summed E-state index contributed by atoms with van der Waals surface area (Å²) in [6.07, 6.45) is 9.59. The van der Waals surface area contributed by atoms with Crippen LogP contribution < -0.4 is 5.43 Å². The van der Waals surface area contributed by atoms with Crippen LogP contribution in [-0.4, -0.2) is 46.0 Å². The lowest BCUT2D eigenvalue weighted by molar-refractivity contribution is -0.126. The number of hydrogen-bond donors (Lipinski definition) is 1. The second-order valence-corrected chi connectivity index (χ2v) is 9.94. The van der Waals surface area contributed by atoms with E-state index >= 15 is 0 Å². The summed E-state index contributed by atoms with van der Waals surface area (Å²) in [5.74, 6) is 0.0387. The number of aryl methyl sites for hydroxylation is 2. The molecule has 32 heavy (non-hydrogen) atoms. The van der Waals surface area contributed by atoms with E-state index in [0.717, 1.165) is 73.7 Å². The standard InChI is InChI=1S/C25H31N5OS/c1-2-14-29-15-8-11-19(17-29)24(31)28-26-16-21-23(18-9-4-3-5-10-18)27-25-30(21)20-12-6-7-13-22(20)32-25/h3-5,9-10,16,19H,2,6-8,11-15,17H2,1H3,(H,28,31)/b26-16+. The molecule has 1 aromatic carbocycles. The van der Waals surface area contributed by atoms with E-state index in [1.54, 1.807) is 17.6 Å². The van der Waals surface area contributed by atoms with Gasteiger partial charge in [0.2, 0.25) is 5.91 Å². The molecule has 168 valence electrons. The van der Waals surface area contributed by atoms with E-state index < -0.39 is 0 Å². The number of carbonyl (C=O) groups excluding carboxylic acids is 1. The third-order valence-electron chi connectivity index (χ3n) is 6.58. The Morgan fingerprint density at radius 1 is 1.25 bits per heavy atom. The fraction of sp³-hybridized carbons (Fsp3) is 0.480. The number of amides is 1.